The Hall–Kier alpha value is -0.280. The van der Waals surface area contributed by atoms with E-state index >= 15 is 0 Å². The molecule has 1 aromatic carbocycles. The van der Waals surface area contributed by atoms with Crippen molar-refractivity contribution in [2.24, 2.45) is 5.41 Å². The fourth-order valence-electron chi connectivity index (χ4n) is 4.38. The first-order valence-corrected chi connectivity index (χ1v) is 11.4. The average molecular weight is 441 g/mol. The molecule has 0 radical (unpaired) electrons. The van der Waals surface area contributed by atoms with Crippen molar-refractivity contribution < 1.29 is 4.55 Å². The molecule has 1 aromatic heterocycles. The molecule has 29 heavy (non-hydrogen) atoms. The minimum atomic E-state index is -1.10. The molecule has 8 heteroatoms. The topological polar surface area (TPSA) is 64.1 Å². The standard InChI is InChI=1S/C21H28N4OS2.Na.H/c1-20(2,3)28(26)24-19-16-7-5-4-6-15(16)12-21(19)8-10-25(11-9-21)17-13-23-18(27)14-22-17;;/h4-7,13-14,19,24H,8-12H2,1-3H3,(H,23,27);;/t19-,28+;;/m1../s1. The molecule has 0 saturated carbocycles. The van der Waals surface area contributed by atoms with Gasteiger partial charge in [-0.15, -0.1) is 17.4 Å². The van der Waals surface area contributed by atoms with E-state index in [1.807, 2.05) is 20.8 Å². The van der Waals surface area contributed by atoms with E-state index in [1.54, 1.807) is 12.4 Å². The molecule has 2 aromatic rings. The summed E-state index contributed by atoms with van der Waals surface area (Å²) in [6.45, 7) is 7.92. The van der Waals surface area contributed by atoms with Crippen molar-refractivity contribution in [2.45, 2.75) is 55.8 Å². The van der Waals surface area contributed by atoms with Gasteiger partial charge < -0.3 is 9.45 Å². The van der Waals surface area contributed by atoms with Gasteiger partial charge in [-0.05, 0) is 51.2 Å². The number of nitrogens with zero attached hydrogens (tertiary/aromatic N) is 3. The Balaban J connectivity index is 0.00000240. The molecule has 5 nitrogen and oxygen atoms in total. The molecule has 0 bridgehead atoms. The van der Waals surface area contributed by atoms with E-state index in [1.165, 1.54) is 11.1 Å². The normalized spacial score (nSPS) is 21.6. The summed E-state index contributed by atoms with van der Waals surface area (Å²) in [6, 6.07) is 8.75. The molecule has 1 aliphatic heterocycles. The van der Waals surface area contributed by atoms with Gasteiger partial charge in [-0.1, -0.05) is 24.3 Å². The van der Waals surface area contributed by atoms with Crippen LogP contribution in [0.5, 0.6) is 0 Å². The Kier molecular flexibility index (Phi) is 7.31. The van der Waals surface area contributed by atoms with E-state index in [-0.39, 0.29) is 45.8 Å². The van der Waals surface area contributed by atoms with Crippen molar-refractivity contribution in [3.63, 3.8) is 0 Å². The average Bonchev–Trinajstić information content (AvgIpc) is 2.95. The van der Waals surface area contributed by atoms with Crippen LogP contribution >= 0.6 is 12.6 Å². The molecule has 1 aliphatic carbocycles. The van der Waals surface area contributed by atoms with Crippen molar-refractivity contribution in [3.05, 3.63) is 47.8 Å². The predicted octanol–water partition coefficient (Wildman–Crippen LogP) is 3.05. The second kappa shape index (κ2) is 9.07. The third-order valence-electron chi connectivity index (χ3n) is 6.01. The molecule has 152 valence electrons. The number of thiol groups is 1. The number of aromatic nitrogens is 2. The molecule has 1 fully saturated rings. The molecule has 1 saturated heterocycles. The summed E-state index contributed by atoms with van der Waals surface area (Å²) in [7, 11) is 0. The third-order valence-corrected chi connectivity index (χ3v) is 7.80. The fraction of sp³-hybridized carbons (Fsp3) is 0.524. The molecule has 2 atom stereocenters. The summed E-state index contributed by atoms with van der Waals surface area (Å²) >= 11 is 3.12. The zero-order valence-corrected chi connectivity index (χ0v) is 18.4. The molecular weight excluding hydrogens is 411 g/mol. The van der Waals surface area contributed by atoms with Crippen LogP contribution in [0.25, 0.3) is 0 Å². The molecule has 4 rings (SSSR count). The van der Waals surface area contributed by atoms with Crippen molar-refractivity contribution >= 4 is 59.4 Å². The number of benzene rings is 1. The Bertz CT molecular complexity index is 835. The number of rotatable bonds is 3. The first kappa shape index (κ1) is 23.4. The predicted molar refractivity (Wildman–Crippen MR) is 124 cm³/mol. The van der Waals surface area contributed by atoms with Crippen LogP contribution in [0.4, 0.5) is 5.82 Å². The van der Waals surface area contributed by atoms with Crippen LogP contribution in [-0.2, 0) is 17.8 Å². The summed E-state index contributed by atoms with van der Waals surface area (Å²) in [5.74, 6) is 0.908. The van der Waals surface area contributed by atoms with E-state index in [0.29, 0.717) is 5.03 Å². The van der Waals surface area contributed by atoms with Crippen LogP contribution in [0, 0.1) is 5.41 Å². The van der Waals surface area contributed by atoms with Gasteiger partial charge >= 0.3 is 29.6 Å². The van der Waals surface area contributed by atoms with Gasteiger partial charge in [0.25, 0.3) is 0 Å². The molecule has 0 unspecified atom stereocenters. The molecule has 2 heterocycles. The van der Waals surface area contributed by atoms with Gasteiger partial charge in [0, 0.05) is 29.9 Å². The number of nitrogens with one attached hydrogen (secondary N) is 1. The van der Waals surface area contributed by atoms with E-state index in [9.17, 15) is 4.55 Å². The summed E-state index contributed by atoms with van der Waals surface area (Å²) in [6.07, 6.45) is 6.60. The Morgan fingerprint density at radius 3 is 2.48 bits per heavy atom. The van der Waals surface area contributed by atoms with E-state index < -0.39 is 11.4 Å². The van der Waals surface area contributed by atoms with E-state index in [0.717, 1.165) is 38.2 Å². The van der Waals surface area contributed by atoms with Gasteiger partial charge in [0.05, 0.1) is 18.4 Å². The zero-order valence-electron chi connectivity index (χ0n) is 16.7. The third kappa shape index (κ3) is 4.81. The number of fused-ring (bicyclic) bond motifs is 1. The Morgan fingerprint density at radius 2 is 1.86 bits per heavy atom. The second-order valence-electron chi connectivity index (χ2n) is 8.89. The number of anilines is 1. The van der Waals surface area contributed by atoms with Crippen LogP contribution in [0.2, 0.25) is 0 Å². The van der Waals surface area contributed by atoms with Crippen LogP contribution < -0.4 is 9.62 Å². The van der Waals surface area contributed by atoms with Crippen molar-refractivity contribution in [1.29, 1.82) is 0 Å². The number of hydrogen-bond acceptors (Lipinski definition) is 6. The maximum absolute atomic E-state index is 12.9. The SMILES string of the molecule is CC(C)(C)[S@+]([O-])N[C@@H]1c2ccccc2CC12CCN(c1cnc(S)cn1)CC2.[NaH]. The van der Waals surface area contributed by atoms with Gasteiger partial charge in [-0.2, -0.15) is 0 Å². The molecule has 1 N–H and O–H groups in total. The van der Waals surface area contributed by atoms with Gasteiger partial charge in [0.1, 0.15) is 15.6 Å². The Morgan fingerprint density at radius 1 is 1.17 bits per heavy atom. The summed E-state index contributed by atoms with van der Waals surface area (Å²) < 4.78 is 16.2. The van der Waals surface area contributed by atoms with Gasteiger partial charge in [-0.25, -0.2) is 9.97 Å². The molecular formula is C21H29N4NaOS2. The van der Waals surface area contributed by atoms with Crippen LogP contribution in [0.15, 0.2) is 41.7 Å². The number of hydrogen-bond donors (Lipinski definition) is 2. The summed E-state index contributed by atoms with van der Waals surface area (Å²) in [4.78, 5) is 11.0. The van der Waals surface area contributed by atoms with Gasteiger partial charge in [0.15, 0.2) is 0 Å². The van der Waals surface area contributed by atoms with Crippen molar-refractivity contribution in [3.8, 4) is 0 Å². The minimum absolute atomic E-state index is 0. The van der Waals surface area contributed by atoms with Gasteiger partial charge in [-0.3, -0.25) is 0 Å². The van der Waals surface area contributed by atoms with Crippen molar-refractivity contribution in [2.75, 3.05) is 18.0 Å². The monoisotopic (exact) mass is 440 g/mol. The second-order valence-corrected chi connectivity index (χ2v) is 11.3. The molecule has 0 amide bonds. The summed E-state index contributed by atoms with van der Waals surface area (Å²) in [5.41, 5.74) is 2.80. The van der Waals surface area contributed by atoms with E-state index in [2.05, 4.69) is 56.5 Å². The number of piperidine rings is 1. The zero-order chi connectivity index (χ0) is 19.9. The molecule has 2 aliphatic rings. The molecule has 1 spiro atoms. The Labute approximate surface area is 204 Å². The first-order valence-electron chi connectivity index (χ1n) is 9.80. The fourth-order valence-corrected chi connectivity index (χ4v) is 5.44. The van der Waals surface area contributed by atoms with Crippen LogP contribution in [-0.4, -0.2) is 61.9 Å². The summed E-state index contributed by atoms with van der Waals surface area (Å²) in [5, 5.41) is 0.636. The van der Waals surface area contributed by atoms with Gasteiger partial charge in [0.2, 0.25) is 0 Å². The van der Waals surface area contributed by atoms with Crippen molar-refractivity contribution in [1.82, 2.24) is 14.7 Å². The maximum atomic E-state index is 12.9. The van der Waals surface area contributed by atoms with Crippen LogP contribution in [0.1, 0.15) is 50.8 Å². The quantitative estimate of drug-likeness (QED) is 0.436. The van der Waals surface area contributed by atoms with Crippen LogP contribution in [0.3, 0.4) is 0 Å². The van der Waals surface area contributed by atoms with E-state index in [4.69, 9.17) is 0 Å². The first-order chi connectivity index (χ1) is 13.3.